The standard InChI is InChI=1S/C16H11F4N3O/c17-12-3-1-2-10(6-12)15(24)21-7-13-9-23-8-11(16(18,19)20)4-5-14(23)22-13/h1-6,8-9H,7H2,(H,21,24). The Morgan fingerprint density at radius 3 is 2.67 bits per heavy atom. The van der Waals surface area contributed by atoms with Crippen LogP contribution in [0.4, 0.5) is 17.6 Å². The maximum Gasteiger partial charge on any atom is 0.417 e. The van der Waals surface area contributed by atoms with Gasteiger partial charge >= 0.3 is 6.18 Å². The lowest BCUT2D eigenvalue weighted by Gasteiger charge is -2.05. The molecule has 0 atom stereocenters. The summed E-state index contributed by atoms with van der Waals surface area (Å²) >= 11 is 0. The maximum absolute atomic E-state index is 13.1. The summed E-state index contributed by atoms with van der Waals surface area (Å²) in [5, 5.41) is 2.54. The number of amides is 1. The highest BCUT2D eigenvalue weighted by molar-refractivity contribution is 5.94. The summed E-state index contributed by atoms with van der Waals surface area (Å²) in [6.45, 7) is 0.0123. The SMILES string of the molecule is O=C(NCc1cn2cc(C(F)(F)F)ccc2n1)c1cccc(F)c1. The monoisotopic (exact) mass is 337 g/mol. The van der Waals surface area contributed by atoms with Crippen molar-refractivity contribution in [3.63, 3.8) is 0 Å². The quantitative estimate of drug-likeness (QED) is 0.745. The molecule has 0 radical (unpaired) electrons. The molecule has 0 aliphatic carbocycles. The van der Waals surface area contributed by atoms with Gasteiger partial charge in [0.05, 0.1) is 17.8 Å². The van der Waals surface area contributed by atoms with E-state index in [1.54, 1.807) is 0 Å². The predicted octanol–water partition coefficient (Wildman–Crippen LogP) is 3.42. The summed E-state index contributed by atoms with van der Waals surface area (Å²) in [5.74, 6) is -1.03. The molecule has 0 spiro atoms. The molecule has 2 heterocycles. The third-order valence-corrected chi connectivity index (χ3v) is 3.35. The molecule has 0 fully saturated rings. The first kappa shape index (κ1) is 16.0. The molecule has 3 rings (SSSR count). The van der Waals surface area contributed by atoms with E-state index in [0.717, 1.165) is 18.3 Å². The van der Waals surface area contributed by atoms with Crippen LogP contribution in [0, 0.1) is 5.82 Å². The zero-order valence-corrected chi connectivity index (χ0v) is 12.1. The van der Waals surface area contributed by atoms with Gasteiger partial charge < -0.3 is 9.72 Å². The van der Waals surface area contributed by atoms with Crippen molar-refractivity contribution >= 4 is 11.6 Å². The second kappa shape index (κ2) is 5.95. The van der Waals surface area contributed by atoms with Crippen LogP contribution in [0.25, 0.3) is 5.65 Å². The van der Waals surface area contributed by atoms with Gasteiger partial charge in [0.1, 0.15) is 11.5 Å². The average molecular weight is 337 g/mol. The summed E-state index contributed by atoms with van der Waals surface area (Å²) in [4.78, 5) is 16.0. The van der Waals surface area contributed by atoms with Gasteiger partial charge in [0, 0.05) is 18.0 Å². The largest absolute Gasteiger partial charge is 0.417 e. The van der Waals surface area contributed by atoms with Crippen LogP contribution in [0.15, 0.2) is 48.8 Å². The van der Waals surface area contributed by atoms with E-state index in [9.17, 15) is 22.4 Å². The second-order valence-corrected chi connectivity index (χ2v) is 5.11. The van der Waals surface area contributed by atoms with Crippen LogP contribution in [-0.4, -0.2) is 15.3 Å². The number of halogens is 4. The fourth-order valence-electron chi connectivity index (χ4n) is 2.20. The van der Waals surface area contributed by atoms with Gasteiger partial charge in [-0.1, -0.05) is 6.07 Å². The van der Waals surface area contributed by atoms with Crippen LogP contribution < -0.4 is 5.32 Å². The van der Waals surface area contributed by atoms with E-state index in [0.29, 0.717) is 11.3 Å². The number of carbonyl (C=O) groups is 1. The summed E-state index contributed by atoms with van der Waals surface area (Å²) in [5.41, 5.74) is 0.0814. The lowest BCUT2D eigenvalue weighted by atomic mass is 10.2. The number of carbonyl (C=O) groups excluding carboxylic acids is 1. The van der Waals surface area contributed by atoms with Crippen LogP contribution >= 0.6 is 0 Å². The Morgan fingerprint density at radius 2 is 1.96 bits per heavy atom. The molecule has 1 N–H and O–H groups in total. The number of rotatable bonds is 3. The number of nitrogens with one attached hydrogen (secondary N) is 1. The molecule has 0 unspecified atom stereocenters. The van der Waals surface area contributed by atoms with Gasteiger partial charge in [-0.05, 0) is 30.3 Å². The van der Waals surface area contributed by atoms with Gasteiger partial charge in [0.15, 0.2) is 0 Å². The number of nitrogens with zero attached hydrogens (tertiary/aromatic N) is 2. The fraction of sp³-hybridized carbons (Fsp3) is 0.125. The summed E-state index contributed by atoms with van der Waals surface area (Å²) in [6.07, 6.45) is -2.11. The van der Waals surface area contributed by atoms with Crippen LogP contribution in [0.2, 0.25) is 0 Å². The summed E-state index contributed by atoms with van der Waals surface area (Å²) < 4.78 is 52.3. The molecular formula is C16H11F4N3O. The van der Waals surface area contributed by atoms with Crippen LogP contribution in [0.3, 0.4) is 0 Å². The van der Waals surface area contributed by atoms with Crippen molar-refractivity contribution in [1.29, 1.82) is 0 Å². The second-order valence-electron chi connectivity index (χ2n) is 5.11. The average Bonchev–Trinajstić information content (AvgIpc) is 2.93. The molecule has 1 aromatic carbocycles. The molecule has 124 valence electrons. The van der Waals surface area contributed by atoms with Crippen LogP contribution in [0.1, 0.15) is 21.6 Å². The summed E-state index contributed by atoms with van der Waals surface area (Å²) in [7, 11) is 0. The van der Waals surface area contributed by atoms with Gasteiger partial charge in [0.2, 0.25) is 0 Å². The van der Waals surface area contributed by atoms with Crippen molar-refractivity contribution in [3.8, 4) is 0 Å². The van der Waals surface area contributed by atoms with E-state index in [4.69, 9.17) is 0 Å². The molecular weight excluding hydrogens is 326 g/mol. The number of imidazole rings is 1. The Bertz CT molecular complexity index is 902. The molecule has 0 saturated carbocycles. The van der Waals surface area contributed by atoms with E-state index in [1.165, 1.54) is 34.9 Å². The number of hydrogen-bond donors (Lipinski definition) is 1. The Labute approximate surface area is 133 Å². The Morgan fingerprint density at radius 1 is 1.17 bits per heavy atom. The van der Waals surface area contributed by atoms with Crippen molar-refractivity contribution in [2.45, 2.75) is 12.7 Å². The molecule has 0 saturated heterocycles. The maximum atomic E-state index is 13.1. The zero-order valence-electron chi connectivity index (χ0n) is 12.1. The third-order valence-electron chi connectivity index (χ3n) is 3.35. The highest BCUT2D eigenvalue weighted by atomic mass is 19.4. The molecule has 3 aromatic rings. The topological polar surface area (TPSA) is 46.4 Å². The first-order chi connectivity index (χ1) is 11.3. The molecule has 24 heavy (non-hydrogen) atoms. The van der Waals surface area contributed by atoms with E-state index >= 15 is 0 Å². The van der Waals surface area contributed by atoms with Crippen molar-refractivity contribution in [2.24, 2.45) is 0 Å². The van der Waals surface area contributed by atoms with Gasteiger partial charge in [0.25, 0.3) is 5.91 Å². The van der Waals surface area contributed by atoms with Gasteiger partial charge in [-0.15, -0.1) is 0 Å². The van der Waals surface area contributed by atoms with Gasteiger partial charge in [-0.3, -0.25) is 4.79 Å². The Balaban J connectivity index is 1.75. The molecule has 0 bridgehead atoms. The first-order valence-electron chi connectivity index (χ1n) is 6.91. The lowest BCUT2D eigenvalue weighted by Crippen LogP contribution is -2.23. The molecule has 0 aliphatic rings. The van der Waals surface area contributed by atoms with E-state index in [-0.39, 0.29) is 12.1 Å². The molecule has 4 nitrogen and oxygen atoms in total. The summed E-state index contributed by atoms with van der Waals surface area (Å²) in [6, 6.07) is 7.37. The number of fused-ring (bicyclic) bond motifs is 1. The smallest absolute Gasteiger partial charge is 0.346 e. The van der Waals surface area contributed by atoms with Crippen LogP contribution in [-0.2, 0) is 12.7 Å². The van der Waals surface area contributed by atoms with Gasteiger partial charge in [-0.2, -0.15) is 13.2 Å². The first-order valence-corrected chi connectivity index (χ1v) is 6.91. The minimum absolute atomic E-state index is 0.0123. The van der Waals surface area contributed by atoms with E-state index in [1.807, 2.05) is 0 Å². The third kappa shape index (κ3) is 3.37. The normalized spacial score (nSPS) is 11.7. The van der Waals surface area contributed by atoms with E-state index in [2.05, 4.69) is 10.3 Å². The number of hydrogen-bond acceptors (Lipinski definition) is 2. The fourth-order valence-corrected chi connectivity index (χ4v) is 2.20. The minimum Gasteiger partial charge on any atom is -0.346 e. The Hall–Kier alpha value is -2.90. The number of alkyl halides is 3. The van der Waals surface area contributed by atoms with Gasteiger partial charge in [-0.25, -0.2) is 9.37 Å². The minimum atomic E-state index is -4.44. The van der Waals surface area contributed by atoms with Crippen molar-refractivity contribution < 1.29 is 22.4 Å². The predicted molar refractivity (Wildman–Crippen MR) is 77.8 cm³/mol. The van der Waals surface area contributed by atoms with Crippen molar-refractivity contribution in [2.75, 3.05) is 0 Å². The van der Waals surface area contributed by atoms with Crippen molar-refractivity contribution in [1.82, 2.24) is 14.7 Å². The molecule has 2 aromatic heterocycles. The number of aromatic nitrogens is 2. The number of benzene rings is 1. The zero-order chi connectivity index (χ0) is 17.3. The van der Waals surface area contributed by atoms with Crippen LogP contribution in [0.5, 0.6) is 0 Å². The van der Waals surface area contributed by atoms with Crippen molar-refractivity contribution in [3.05, 3.63) is 71.4 Å². The lowest BCUT2D eigenvalue weighted by molar-refractivity contribution is -0.137. The molecule has 0 aliphatic heterocycles. The highest BCUT2D eigenvalue weighted by Crippen LogP contribution is 2.29. The molecule has 8 heteroatoms. The van der Waals surface area contributed by atoms with E-state index < -0.39 is 23.5 Å². The highest BCUT2D eigenvalue weighted by Gasteiger charge is 2.30. The number of pyridine rings is 1. The Kier molecular flexibility index (Phi) is 3.96. The molecule has 1 amide bonds.